The first kappa shape index (κ1) is 19.7. The Hall–Kier alpha value is -2.63. The number of hydrogen-bond acceptors (Lipinski definition) is 3. The lowest BCUT2D eigenvalue weighted by atomic mass is 10.0. The van der Waals surface area contributed by atoms with Crippen LogP contribution in [0.25, 0.3) is 11.3 Å². The first-order chi connectivity index (χ1) is 14.1. The van der Waals surface area contributed by atoms with E-state index in [0.29, 0.717) is 0 Å². The van der Waals surface area contributed by atoms with Crippen molar-refractivity contribution in [2.75, 3.05) is 0 Å². The van der Waals surface area contributed by atoms with E-state index in [4.69, 9.17) is 16.6 Å². The summed E-state index contributed by atoms with van der Waals surface area (Å²) in [5.41, 5.74) is 5.95. The lowest BCUT2D eigenvalue weighted by Crippen LogP contribution is -2.17. The summed E-state index contributed by atoms with van der Waals surface area (Å²) in [7, 11) is 0. The molecule has 0 aliphatic heterocycles. The minimum atomic E-state index is 0.721. The molecule has 0 N–H and O–H groups in total. The molecule has 0 fully saturated rings. The van der Waals surface area contributed by atoms with Crippen molar-refractivity contribution in [1.82, 2.24) is 14.1 Å². The van der Waals surface area contributed by atoms with Crippen LogP contribution in [0.15, 0.2) is 71.6 Å². The molecule has 0 aliphatic carbocycles. The van der Waals surface area contributed by atoms with E-state index < -0.39 is 0 Å². The molecule has 148 valence electrons. The van der Waals surface area contributed by atoms with Crippen molar-refractivity contribution >= 4 is 28.6 Å². The molecular weight excluding hydrogens is 400 g/mol. The minimum absolute atomic E-state index is 0.721. The van der Waals surface area contributed by atoms with Gasteiger partial charge in [0.1, 0.15) is 0 Å². The van der Waals surface area contributed by atoms with Crippen LogP contribution in [0.3, 0.4) is 0 Å². The summed E-state index contributed by atoms with van der Waals surface area (Å²) in [4.78, 5) is 10.0. The predicted octanol–water partition coefficient (Wildman–Crippen LogP) is 6.01. The van der Waals surface area contributed by atoms with E-state index in [9.17, 15) is 0 Å². The average Bonchev–Trinajstić information content (AvgIpc) is 3.37. The van der Waals surface area contributed by atoms with E-state index in [0.717, 1.165) is 35.0 Å². The zero-order valence-electron chi connectivity index (χ0n) is 16.5. The number of rotatable bonds is 6. The van der Waals surface area contributed by atoms with Crippen molar-refractivity contribution in [2.45, 2.75) is 33.4 Å². The van der Waals surface area contributed by atoms with Gasteiger partial charge in [0, 0.05) is 35.9 Å². The van der Waals surface area contributed by atoms with Crippen LogP contribution in [0.2, 0.25) is 5.02 Å². The van der Waals surface area contributed by atoms with Gasteiger partial charge in [-0.3, -0.25) is 0 Å². The summed E-state index contributed by atoms with van der Waals surface area (Å²) in [6, 6.07) is 14.3. The summed E-state index contributed by atoms with van der Waals surface area (Å²) in [6.45, 7) is 6.12. The highest BCUT2D eigenvalue weighted by atomic mass is 35.5. The van der Waals surface area contributed by atoms with Crippen molar-refractivity contribution in [3.05, 3.63) is 87.5 Å². The molecule has 0 aliphatic rings. The third kappa shape index (κ3) is 4.69. The Morgan fingerprint density at radius 2 is 1.86 bits per heavy atom. The topological polar surface area (TPSA) is 35.1 Å². The van der Waals surface area contributed by atoms with Gasteiger partial charge in [-0.1, -0.05) is 23.7 Å². The van der Waals surface area contributed by atoms with Gasteiger partial charge in [0.2, 0.25) is 0 Å². The van der Waals surface area contributed by atoms with Gasteiger partial charge >= 0.3 is 0 Å². The molecule has 29 heavy (non-hydrogen) atoms. The van der Waals surface area contributed by atoms with Crippen LogP contribution in [0, 0.1) is 13.8 Å². The number of halogens is 1. The number of imidazole rings is 1. The van der Waals surface area contributed by atoms with Crippen LogP contribution < -0.4 is 4.80 Å². The molecule has 0 amide bonds. The molecule has 2 aromatic carbocycles. The third-order valence-electron chi connectivity index (χ3n) is 5.01. The summed E-state index contributed by atoms with van der Waals surface area (Å²) in [5, 5.41) is 2.93. The van der Waals surface area contributed by atoms with Crippen molar-refractivity contribution in [3.8, 4) is 11.3 Å². The molecule has 0 unspecified atom stereocenters. The number of benzene rings is 2. The van der Waals surface area contributed by atoms with E-state index in [-0.39, 0.29) is 0 Å². The Balaban J connectivity index is 1.71. The van der Waals surface area contributed by atoms with Crippen LogP contribution in [-0.4, -0.2) is 14.1 Å². The average molecular weight is 423 g/mol. The molecule has 0 spiro atoms. The molecule has 0 atom stereocenters. The van der Waals surface area contributed by atoms with E-state index in [1.807, 2.05) is 43.0 Å². The fourth-order valence-electron chi connectivity index (χ4n) is 3.22. The quantitative estimate of drug-likeness (QED) is 0.375. The van der Waals surface area contributed by atoms with Gasteiger partial charge in [0.05, 0.1) is 17.7 Å². The number of aromatic nitrogens is 3. The molecular formula is C23H23ClN4S. The number of hydrogen-bond donors (Lipinski definition) is 0. The molecule has 0 saturated carbocycles. The van der Waals surface area contributed by atoms with Gasteiger partial charge in [-0.05, 0) is 67.3 Å². The normalized spacial score (nSPS) is 11.9. The maximum atomic E-state index is 6.02. The Kier molecular flexibility index (Phi) is 5.97. The molecule has 0 bridgehead atoms. The number of thiazole rings is 1. The molecule has 2 heterocycles. The highest BCUT2D eigenvalue weighted by Crippen LogP contribution is 2.24. The first-order valence-electron chi connectivity index (χ1n) is 9.62. The van der Waals surface area contributed by atoms with Gasteiger partial charge in [-0.25, -0.2) is 9.98 Å². The Morgan fingerprint density at radius 1 is 1.03 bits per heavy atom. The number of nitrogens with zero attached hydrogens (tertiary/aromatic N) is 4. The van der Waals surface area contributed by atoms with Crippen LogP contribution >= 0.6 is 22.9 Å². The van der Waals surface area contributed by atoms with Gasteiger partial charge in [0.15, 0.2) is 4.80 Å². The largest absolute Gasteiger partial charge is 0.337 e. The zero-order valence-corrected chi connectivity index (χ0v) is 18.1. The van der Waals surface area contributed by atoms with Crippen molar-refractivity contribution in [3.63, 3.8) is 0 Å². The standard InChI is InChI=1S/C23H23ClN4S/c1-17-4-5-19(14-18(17)2)22-15-29-23(26-21-8-6-20(24)7-9-21)28(22)12-3-11-27-13-10-25-16-27/h4-10,13-16H,3,11-12H2,1-2H3. The van der Waals surface area contributed by atoms with Gasteiger partial charge in [-0.15, -0.1) is 11.3 Å². The second-order valence-corrected chi connectivity index (χ2v) is 8.37. The van der Waals surface area contributed by atoms with Crippen molar-refractivity contribution in [1.29, 1.82) is 0 Å². The highest BCUT2D eigenvalue weighted by molar-refractivity contribution is 7.07. The summed E-state index contributed by atoms with van der Waals surface area (Å²) in [5.74, 6) is 0. The monoisotopic (exact) mass is 422 g/mol. The van der Waals surface area contributed by atoms with Crippen LogP contribution in [-0.2, 0) is 13.1 Å². The molecule has 2 aromatic heterocycles. The second kappa shape index (κ2) is 8.80. The Bertz CT molecular complexity index is 1150. The second-order valence-electron chi connectivity index (χ2n) is 7.10. The van der Waals surface area contributed by atoms with E-state index in [2.05, 4.69) is 51.5 Å². The predicted molar refractivity (Wildman–Crippen MR) is 121 cm³/mol. The molecule has 4 nitrogen and oxygen atoms in total. The lowest BCUT2D eigenvalue weighted by molar-refractivity contribution is 0.559. The zero-order chi connectivity index (χ0) is 20.2. The van der Waals surface area contributed by atoms with Gasteiger partial charge in [0.25, 0.3) is 0 Å². The Morgan fingerprint density at radius 3 is 2.59 bits per heavy atom. The summed E-state index contributed by atoms with van der Waals surface area (Å²) < 4.78 is 4.43. The first-order valence-corrected chi connectivity index (χ1v) is 10.9. The fourth-order valence-corrected chi connectivity index (χ4v) is 4.30. The van der Waals surface area contributed by atoms with Crippen LogP contribution in [0.1, 0.15) is 17.5 Å². The van der Waals surface area contributed by atoms with Crippen molar-refractivity contribution in [2.24, 2.45) is 4.99 Å². The maximum absolute atomic E-state index is 6.02. The van der Waals surface area contributed by atoms with Gasteiger partial charge in [-0.2, -0.15) is 0 Å². The van der Waals surface area contributed by atoms with E-state index in [1.165, 1.54) is 22.4 Å². The maximum Gasteiger partial charge on any atom is 0.190 e. The Labute approximate surface area is 179 Å². The SMILES string of the molecule is Cc1ccc(-c2csc(=Nc3ccc(Cl)cc3)n2CCCn2ccnc2)cc1C. The van der Waals surface area contributed by atoms with Gasteiger partial charge < -0.3 is 9.13 Å². The number of aryl methyl sites for hydroxylation is 3. The summed E-state index contributed by atoms with van der Waals surface area (Å²) in [6.07, 6.45) is 6.68. The minimum Gasteiger partial charge on any atom is -0.337 e. The molecule has 0 radical (unpaired) electrons. The molecule has 4 aromatic rings. The highest BCUT2D eigenvalue weighted by Gasteiger charge is 2.09. The summed E-state index contributed by atoms with van der Waals surface area (Å²) >= 11 is 7.70. The lowest BCUT2D eigenvalue weighted by Gasteiger charge is -2.11. The van der Waals surface area contributed by atoms with Crippen LogP contribution in [0.5, 0.6) is 0 Å². The third-order valence-corrected chi connectivity index (χ3v) is 6.12. The molecule has 6 heteroatoms. The molecule has 4 rings (SSSR count). The fraction of sp³-hybridized carbons (Fsp3) is 0.217. The smallest absolute Gasteiger partial charge is 0.190 e. The van der Waals surface area contributed by atoms with E-state index in [1.54, 1.807) is 11.3 Å². The van der Waals surface area contributed by atoms with Crippen LogP contribution in [0.4, 0.5) is 5.69 Å². The molecule has 0 saturated heterocycles. The van der Waals surface area contributed by atoms with E-state index >= 15 is 0 Å². The van der Waals surface area contributed by atoms with Crippen molar-refractivity contribution < 1.29 is 0 Å².